The van der Waals surface area contributed by atoms with E-state index in [0.29, 0.717) is 0 Å². The molecule has 0 unspecified atom stereocenters. The van der Waals surface area contributed by atoms with Crippen molar-refractivity contribution in [2.45, 2.75) is 38.1 Å². The molecule has 0 radical (unpaired) electrons. The van der Waals surface area contributed by atoms with Crippen molar-refractivity contribution < 1.29 is 5.11 Å². The van der Waals surface area contributed by atoms with E-state index in [2.05, 4.69) is 5.32 Å². The number of rotatable bonds is 3. The number of nitrogens with one attached hydrogen (secondary N) is 1. The standard InChI is InChI=1S/C13H20N2O/c1-10-4-5-11(8-12(10)14)15-13(9-16)6-2-3-7-13/h4-5,8,15-16H,2-3,6-7,9,14H2,1H3. The number of aryl methyl sites for hydroxylation is 1. The number of aliphatic hydroxyl groups excluding tert-OH is 1. The van der Waals surface area contributed by atoms with Crippen molar-refractivity contribution in [3.05, 3.63) is 23.8 Å². The summed E-state index contributed by atoms with van der Waals surface area (Å²) in [7, 11) is 0. The van der Waals surface area contributed by atoms with Crippen LogP contribution < -0.4 is 11.1 Å². The minimum Gasteiger partial charge on any atom is -0.398 e. The third-order valence-corrected chi connectivity index (χ3v) is 3.55. The smallest absolute Gasteiger partial charge is 0.0661 e. The molecule has 1 aromatic carbocycles. The summed E-state index contributed by atoms with van der Waals surface area (Å²) in [6.45, 7) is 2.19. The van der Waals surface area contributed by atoms with E-state index < -0.39 is 0 Å². The average molecular weight is 220 g/mol. The van der Waals surface area contributed by atoms with E-state index in [-0.39, 0.29) is 12.1 Å². The molecule has 0 amide bonds. The Bertz CT molecular complexity index is 370. The summed E-state index contributed by atoms with van der Waals surface area (Å²) in [5.41, 5.74) is 8.66. The van der Waals surface area contributed by atoms with Crippen LogP contribution in [0.5, 0.6) is 0 Å². The summed E-state index contributed by atoms with van der Waals surface area (Å²) in [5.74, 6) is 0. The van der Waals surface area contributed by atoms with Gasteiger partial charge in [-0.15, -0.1) is 0 Å². The van der Waals surface area contributed by atoms with Crippen LogP contribution in [0.1, 0.15) is 31.2 Å². The summed E-state index contributed by atoms with van der Waals surface area (Å²) in [6, 6.07) is 5.99. The number of hydrogen-bond donors (Lipinski definition) is 3. The van der Waals surface area contributed by atoms with Gasteiger partial charge in [-0.3, -0.25) is 0 Å². The van der Waals surface area contributed by atoms with Crippen molar-refractivity contribution in [3.8, 4) is 0 Å². The highest BCUT2D eigenvalue weighted by molar-refractivity contribution is 5.59. The predicted octanol–water partition coefficient (Wildman–Crippen LogP) is 2.29. The number of benzene rings is 1. The normalized spacial score (nSPS) is 18.6. The minimum atomic E-state index is -0.123. The Morgan fingerprint density at radius 3 is 2.62 bits per heavy atom. The highest BCUT2D eigenvalue weighted by Gasteiger charge is 2.32. The molecule has 2 rings (SSSR count). The second-order valence-electron chi connectivity index (χ2n) is 4.84. The average Bonchev–Trinajstić information content (AvgIpc) is 2.73. The van der Waals surface area contributed by atoms with Crippen molar-refractivity contribution in [1.29, 1.82) is 0 Å². The number of anilines is 2. The third kappa shape index (κ3) is 2.14. The first-order valence-corrected chi connectivity index (χ1v) is 5.90. The third-order valence-electron chi connectivity index (χ3n) is 3.55. The maximum absolute atomic E-state index is 9.51. The topological polar surface area (TPSA) is 58.3 Å². The summed E-state index contributed by atoms with van der Waals surface area (Å²) in [4.78, 5) is 0. The van der Waals surface area contributed by atoms with Crippen LogP contribution in [0.4, 0.5) is 11.4 Å². The van der Waals surface area contributed by atoms with Gasteiger partial charge in [0.2, 0.25) is 0 Å². The van der Waals surface area contributed by atoms with Crippen LogP contribution in [0.15, 0.2) is 18.2 Å². The van der Waals surface area contributed by atoms with Crippen molar-refractivity contribution in [1.82, 2.24) is 0 Å². The van der Waals surface area contributed by atoms with Gasteiger partial charge in [0.25, 0.3) is 0 Å². The van der Waals surface area contributed by atoms with Crippen LogP contribution in [0.2, 0.25) is 0 Å². The van der Waals surface area contributed by atoms with Crippen molar-refractivity contribution >= 4 is 11.4 Å². The molecule has 4 N–H and O–H groups in total. The zero-order valence-corrected chi connectivity index (χ0v) is 9.79. The molecular formula is C13H20N2O. The van der Waals surface area contributed by atoms with Crippen molar-refractivity contribution in [2.75, 3.05) is 17.7 Å². The SMILES string of the molecule is Cc1ccc(NC2(CO)CCCC2)cc1N. The summed E-state index contributed by atoms with van der Waals surface area (Å²) in [6.07, 6.45) is 4.46. The second kappa shape index (κ2) is 4.34. The lowest BCUT2D eigenvalue weighted by molar-refractivity contribution is 0.214. The number of nitrogens with two attached hydrogens (primary N) is 1. The fourth-order valence-electron chi connectivity index (χ4n) is 2.40. The first-order valence-electron chi connectivity index (χ1n) is 5.90. The molecule has 0 spiro atoms. The van der Waals surface area contributed by atoms with Crippen LogP contribution in [0.25, 0.3) is 0 Å². The van der Waals surface area contributed by atoms with Crippen LogP contribution >= 0.6 is 0 Å². The number of hydrogen-bond acceptors (Lipinski definition) is 3. The Kier molecular flexibility index (Phi) is 3.06. The molecule has 0 heterocycles. The molecule has 88 valence electrons. The van der Waals surface area contributed by atoms with Gasteiger partial charge in [-0.25, -0.2) is 0 Å². The maximum atomic E-state index is 9.51. The molecule has 0 bridgehead atoms. The lowest BCUT2D eigenvalue weighted by atomic mass is 9.98. The van der Waals surface area contributed by atoms with Gasteiger partial charge >= 0.3 is 0 Å². The lowest BCUT2D eigenvalue weighted by Crippen LogP contribution is -2.38. The van der Waals surface area contributed by atoms with E-state index in [0.717, 1.165) is 29.8 Å². The van der Waals surface area contributed by atoms with Gasteiger partial charge in [0.15, 0.2) is 0 Å². The molecule has 1 aliphatic carbocycles. The van der Waals surface area contributed by atoms with Crippen LogP contribution in [-0.2, 0) is 0 Å². The second-order valence-corrected chi connectivity index (χ2v) is 4.84. The van der Waals surface area contributed by atoms with E-state index in [1.54, 1.807) is 0 Å². The van der Waals surface area contributed by atoms with Gasteiger partial charge in [0.1, 0.15) is 0 Å². The Morgan fingerprint density at radius 1 is 1.38 bits per heavy atom. The molecule has 0 aliphatic heterocycles. The quantitative estimate of drug-likeness (QED) is 0.685. The molecule has 0 atom stereocenters. The number of aliphatic hydroxyl groups is 1. The Balaban J connectivity index is 2.16. The monoisotopic (exact) mass is 220 g/mol. The summed E-state index contributed by atoms with van der Waals surface area (Å²) in [5, 5.41) is 13.0. The van der Waals surface area contributed by atoms with Gasteiger partial charge < -0.3 is 16.2 Å². The Labute approximate surface area is 96.7 Å². The van der Waals surface area contributed by atoms with Gasteiger partial charge in [0, 0.05) is 11.4 Å². The van der Waals surface area contributed by atoms with Gasteiger partial charge in [-0.05, 0) is 37.5 Å². The number of nitrogen functional groups attached to an aromatic ring is 1. The minimum absolute atomic E-state index is 0.123. The lowest BCUT2D eigenvalue weighted by Gasteiger charge is -2.29. The van der Waals surface area contributed by atoms with Crippen molar-refractivity contribution in [2.24, 2.45) is 0 Å². The fourth-order valence-corrected chi connectivity index (χ4v) is 2.40. The largest absolute Gasteiger partial charge is 0.398 e. The molecule has 1 saturated carbocycles. The molecular weight excluding hydrogens is 200 g/mol. The van der Waals surface area contributed by atoms with Gasteiger partial charge in [0.05, 0.1) is 12.1 Å². The van der Waals surface area contributed by atoms with E-state index in [9.17, 15) is 5.11 Å². The van der Waals surface area contributed by atoms with Gasteiger partial charge in [-0.1, -0.05) is 18.9 Å². The molecule has 1 fully saturated rings. The highest BCUT2D eigenvalue weighted by atomic mass is 16.3. The Morgan fingerprint density at radius 2 is 2.06 bits per heavy atom. The maximum Gasteiger partial charge on any atom is 0.0661 e. The molecule has 0 aromatic heterocycles. The van der Waals surface area contributed by atoms with Crippen LogP contribution in [0.3, 0.4) is 0 Å². The van der Waals surface area contributed by atoms with Crippen LogP contribution in [0, 0.1) is 6.92 Å². The first kappa shape index (κ1) is 11.3. The molecule has 16 heavy (non-hydrogen) atoms. The van der Waals surface area contributed by atoms with E-state index >= 15 is 0 Å². The molecule has 0 saturated heterocycles. The summed E-state index contributed by atoms with van der Waals surface area (Å²) < 4.78 is 0. The zero-order valence-electron chi connectivity index (χ0n) is 9.79. The Hall–Kier alpha value is -1.22. The first-order chi connectivity index (χ1) is 7.65. The van der Waals surface area contributed by atoms with Gasteiger partial charge in [-0.2, -0.15) is 0 Å². The molecule has 1 aliphatic rings. The predicted molar refractivity (Wildman–Crippen MR) is 67.5 cm³/mol. The van der Waals surface area contributed by atoms with E-state index in [1.165, 1.54) is 12.8 Å². The summed E-state index contributed by atoms with van der Waals surface area (Å²) >= 11 is 0. The molecule has 3 nitrogen and oxygen atoms in total. The highest BCUT2D eigenvalue weighted by Crippen LogP contribution is 2.33. The molecule has 3 heteroatoms. The molecule has 1 aromatic rings. The fraction of sp³-hybridized carbons (Fsp3) is 0.538. The zero-order chi connectivity index (χ0) is 11.6. The van der Waals surface area contributed by atoms with Crippen molar-refractivity contribution in [3.63, 3.8) is 0 Å². The van der Waals surface area contributed by atoms with Crippen LogP contribution in [-0.4, -0.2) is 17.3 Å². The van der Waals surface area contributed by atoms with E-state index in [1.807, 2.05) is 25.1 Å². The van der Waals surface area contributed by atoms with E-state index in [4.69, 9.17) is 5.73 Å².